The third kappa shape index (κ3) is 3.48. The first-order valence-electron chi connectivity index (χ1n) is 5.22. The number of hydrogen-bond donors (Lipinski definition) is 2. The Morgan fingerprint density at radius 1 is 1.35 bits per heavy atom. The number of hydrogen-bond acceptors (Lipinski definition) is 3. The Morgan fingerprint density at radius 3 is 2.53 bits per heavy atom. The van der Waals surface area contributed by atoms with E-state index < -0.39 is 12.1 Å². The molecular weight excluding hydrogens is 222 g/mol. The molecule has 17 heavy (non-hydrogen) atoms. The molecule has 0 fully saturated rings. The molecule has 0 aromatic heterocycles. The van der Waals surface area contributed by atoms with Gasteiger partial charge in [-0.05, 0) is 38.5 Å². The summed E-state index contributed by atoms with van der Waals surface area (Å²) in [6, 6.07) is 4.68. The van der Waals surface area contributed by atoms with Gasteiger partial charge in [0.1, 0.15) is 0 Å². The van der Waals surface area contributed by atoms with E-state index >= 15 is 0 Å². The Labute approximate surface area is 99.4 Å². The highest BCUT2D eigenvalue weighted by atomic mass is 16.6. The number of carboxylic acids is 1. The minimum Gasteiger partial charge on any atom is -0.478 e. The van der Waals surface area contributed by atoms with Crippen molar-refractivity contribution >= 4 is 17.7 Å². The van der Waals surface area contributed by atoms with Crippen LogP contribution < -0.4 is 5.32 Å². The standard InChI is InChI=1S/C12H15NO4/c1-7(2)17-12(16)13-10-6-4-5-9(8(10)3)11(14)15/h4-7H,1-3H3,(H,13,16)(H,14,15). The predicted octanol–water partition coefficient (Wildman–Crippen LogP) is 2.65. The summed E-state index contributed by atoms with van der Waals surface area (Å²) in [5, 5.41) is 11.4. The number of carbonyl (C=O) groups excluding carboxylic acids is 1. The molecule has 1 aromatic rings. The summed E-state index contributed by atoms with van der Waals surface area (Å²) in [5.74, 6) is -1.02. The molecule has 0 saturated heterocycles. The second-order valence-corrected chi connectivity index (χ2v) is 3.86. The predicted molar refractivity (Wildman–Crippen MR) is 63.4 cm³/mol. The van der Waals surface area contributed by atoms with E-state index in [9.17, 15) is 9.59 Å². The largest absolute Gasteiger partial charge is 0.478 e. The summed E-state index contributed by atoms with van der Waals surface area (Å²) in [7, 11) is 0. The van der Waals surface area contributed by atoms with Crippen LogP contribution in [0.2, 0.25) is 0 Å². The van der Waals surface area contributed by atoms with Crippen LogP contribution in [0.1, 0.15) is 29.8 Å². The average Bonchev–Trinajstić information content (AvgIpc) is 2.19. The molecule has 92 valence electrons. The minimum atomic E-state index is -1.02. The fourth-order valence-electron chi connectivity index (χ4n) is 1.36. The molecule has 0 atom stereocenters. The molecule has 0 aliphatic heterocycles. The highest BCUT2D eigenvalue weighted by Gasteiger charge is 2.12. The van der Waals surface area contributed by atoms with E-state index in [1.165, 1.54) is 6.07 Å². The highest BCUT2D eigenvalue weighted by molar-refractivity contribution is 5.94. The number of rotatable bonds is 3. The fraction of sp³-hybridized carbons (Fsp3) is 0.333. The molecule has 2 N–H and O–H groups in total. The van der Waals surface area contributed by atoms with Gasteiger partial charge in [0.25, 0.3) is 0 Å². The normalized spacial score (nSPS) is 10.1. The van der Waals surface area contributed by atoms with Crippen molar-refractivity contribution in [3.8, 4) is 0 Å². The number of amides is 1. The van der Waals surface area contributed by atoms with E-state index in [2.05, 4.69) is 5.32 Å². The zero-order chi connectivity index (χ0) is 13.0. The van der Waals surface area contributed by atoms with Gasteiger partial charge in [-0.2, -0.15) is 0 Å². The lowest BCUT2D eigenvalue weighted by Gasteiger charge is -2.12. The van der Waals surface area contributed by atoms with Gasteiger partial charge in [-0.15, -0.1) is 0 Å². The lowest BCUT2D eigenvalue weighted by Crippen LogP contribution is -2.19. The first-order chi connectivity index (χ1) is 7.91. The second kappa shape index (κ2) is 5.34. The lowest BCUT2D eigenvalue weighted by molar-refractivity contribution is 0.0696. The number of ether oxygens (including phenoxy) is 1. The summed E-state index contributed by atoms with van der Waals surface area (Å²) in [6.45, 7) is 5.11. The molecule has 1 rings (SSSR count). The van der Waals surface area contributed by atoms with Gasteiger partial charge in [0, 0.05) is 5.69 Å². The van der Waals surface area contributed by atoms with Gasteiger partial charge in [0.05, 0.1) is 11.7 Å². The maximum atomic E-state index is 11.4. The summed E-state index contributed by atoms with van der Waals surface area (Å²) in [5.41, 5.74) is 1.10. The number of anilines is 1. The van der Waals surface area contributed by atoms with E-state index in [0.717, 1.165) is 0 Å². The van der Waals surface area contributed by atoms with Gasteiger partial charge >= 0.3 is 12.1 Å². The Kier molecular flexibility index (Phi) is 4.09. The highest BCUT2D eigenvalue weighted by Crippen LogP contribution is 2.19. The first kappa shape index (κ1) is 13.0. The van der Waals surface area contributed by atoms with Crippen molar-refractivity contribution < 1.29 is 19.4 Å². The third-order valence-corrected chi connectivity index (χ3v) is 2.14. The molecule has 0 bridgehead atoms. The first-order valence-corrected chi connectivity index (χ1v) is 5.22. The SMILES string of the molecule is Cc1c(NC(=O)OC(C)C)cccc1C(=O)O. The molecule has 0 unspecified atom stereocenters. The molecule has 1 aromatic carbocycles. The monoisotopic (exact) mass is 237 g/mol. The van der Waals surface area contributed by atoms with Crippen LogP contribution in [0.25, 0.3) is 0 Å². The van der Waals surface area contributed by atoms with E-state index in [1.54, 1.807) is 32.9 Å². The van der Waals surface area contributed by atoms with Gasteiger partial charge in [0.15, 0.2) is 0 Å². The summed E-state index contributed by atoms with van der Waals surface area (Å²) >= 11 is 0. The molecule has 0 spiro atoms. The van der Waals surface area contributed by atoms with Crippen molar-refractivity contribution in [1.82, 2.24) is 0 Å². The lowest BCUT2D eigenvalue weighted by atomic mass is 10.1. The number of carbonyl (C=O) groups is 2. The van der Waals surface area contributed by atoms with Crippen molar-refractivity contribution in [2.75, 3.05) is 5.32 Å². The van der Waals surface area contributed by atoms with Crippen LogP contribution in [0.5, 0.6) is 0 Å². The van der Waals surface area contributed by atoms with Crippen LogP contribution >= 0.6 is 0 Å². The third-order valence-electron chi connectivity index (χ3n) is 2.14. The van der Waals surface area contributed by atoms with Crippen LogP contribution in [0.3, 0.4) is 0 Å². The molecule has 0 aliphatic carbocycles. The van der Waals surface area contributed by atoms with Gasteiger partial charge in [-0.1, -0.05) is 6.07 Å². The number of carboxylic acid groups (broad SMARTS) is 1. The van der Waals surface area contributed by atoms with Crippen LogP contribution in [0, 0.1) is 6.92 Å². The summed E-state index contributed by atoms with van der Waals surface area (Å²) in [6.07, 6.45) is -0.816. The summed E-state index contributed by atoms with van der Waals surface area (Å²) in [4.78, 5) is 22.3. The minimum absolute atomic E-state index is 0.160. The Bertz CT molecular complexity index is 440. The van der Waals surface area contributed by atoms with Gasteiger partial charge < -0.3 is 9.84 Å². The number of nitrogens with one attached hydrogen (secondary N) is 1. The maximum absolute atomic E-state index is 11.4. The van der Waals surface area contributed by atoms with Crippen LogP contribution in [-0.2, 0) is 4.74 Å². The van der Waals surface area contributed by atoms with Crippen LogP contribution in [0.4, 0.5) is 10.5 Å². The maximum Gasteiger partial charge on any atom is 0.411 e. The molecule has 1 amide bonds. The zero-order valence-electron chi connectivity index (χ0n) is 9.98. The quantitative estimate of drug-likeness (QED) is 0.847. The van der Waals surface area contributed by atoms with Crippen molar-refractivity contribution in [2.45, 2.75) is 26.9 Å². The number of aromatic carboxylic acids is 1. The molecule has 0 heterocycles. The topological polar surface area (TPSA) is 75.6 Å². The van der Waals surface area contributed by atoms with Crippen molar-refractivity contribution in [3.63, 3.8) is 0 Å². The van der Waals surface area contributed by atoms with Gasteiger partial charge in [-0.3, -0.25) is 5.32 Å². The Hall–Kier alpha value is -2.04. The van der Waals surface area contributed by atoms with E-state index in [4.69, 9.17) is 9.84 Å². The Morgan fingerprint density at radius 2 is 2.00 bits per heavy atom. The average molecular weight is 237 g/mol. The fourth-order valence-corrected chi connectivity index (χ4v) is 1.36. The summed E-state index contributed by atoms with van der Waals surface area (Å²) < 4.78 is 4.91. The van der Waals surface area contributed by atoms with Gasteiger partial charge in [0.2, 0.25) is 0 Å². The molecule has 5 nitrogen and oxygen atoms in total. The zero-order valence-corrected chi connectivity index (χ0v) is 9.98. The van der Waals surface area contributed by atoms with E-state index in [0.29, 0.717) is 11.3 Å². The molecule has 0 radical (unpaired) electrons. The smallest absolute Gasteiger partial charge is 0.411 e. The molecular formula is C12H15NO4. The Balaban J connectivity index is 2.89. The van der Waals surface area contributed by atoms with E-state index in [1.807, 2.05) is 0 Å². The number of benzene rings is 1. The van der Waals surface area contributed by atoms with E-state index in [-0.39, 0.29) is 11.7 Å². The van der Waals surface area contributed by atoms with Crippen molar-refractivity contribution in [2.24, 2.45) is 0 Å². The molecule has 0 aliphatic rings. The molecule has 5 heteroatoms. The van der Waals surface area contributed by atoms with Crippen molar-refractivity contribution in [3.05, 3.63) is 29.3 Å². The van der Waals surface area contributed by atoms with Crippen LogP contribution in [-0.4, -0.2) is 23.3 Å². The second-order valence-electron chi connectivity index (χ2n) is 3.86. The van der Waals surface area contributed by atoms with Gasteiger partial charge in [-0.25, -0.2) is 9.59 Å². The molecule has 0 saturated carbocycles. The van der Waals surface area contributed by atoms with Crippen LogP contribution in [0.15, 0.2) is 18.2 Å². The van der Waals surface area contributed by atoms with Crippen molar-refractivity contribution in [1.29, 1.82) is 0 Å².